The van der Waals surface area contributed by atoms with E-state index in [-0.39, 0.29) is 10.6 Å². The maximum Gasteiger partial charge on any atom is 0.272 e. The topological polar surface area (TPSA) is 58.4 Å². The quantitative estimate of drug-likeness (QED) is 0.465. The van der Waals surface area contributed by atoms with E-state index in [4.69, 9.17) is 0 Å². The van der Waals surface area contributed by atoms with Crippen LogP contribution in [0.25, 0.3) is 0 Å². The van der Waals surface area contributed by atoms with Crippen LogP contribution in [-0.4, -0.2) is 36.0 Å². The Balaban J connectivity index is 1.79. The van der Waals surface area contributed by atoms with E-state index in [0.717, 1.165) is 24.7 Å². The van der Waals surface area contributed by atoms with Crippen LogP contribution in [0.15, 0.2) is 18.2 Å². The minimum atomic E-state index is -0.320. The van der Waals surface area contributed by atoms with Crippen LogP contribution < -0.4 is 5.32 Å². The Morgan fingerprint density at radius 3 is 2.84 bits per heavy atom. The zero-order valence-electron chi connectivity index (χ0n) is 11.6. The SMILES string of the molecule is Cc1ccc(CNCCN(C)C2CC2)cc1[N+](=O)[O-]. The summed E-state index contributed by atoms with van der Waals surface area (Å²) in [6, 6.07) is 6.19. The van der Waals surface area contributed by atoms with Gasteiger partial charge < -0.3 is 10.2 Å². The van der Waals surface area contributed by atoms with Crippen LogP contribution in [0, 0.1) is 17.0 Å². The summed E-state index contributed by atoms with van der Waals surface area (Å²) in [5.41, 5.74) is 1.88. The van der Waals surface area contributed by atoms with Gasteiger partial charge in [0, 0.05) is 37.3 Å². The number of rotatable bonds is 7. The first kappa shape index (κ1) is 14.0. The van der Waals surface area contributed by atoms with E-state index in [1.54, 1.807) is 13.0 Å². The smallest absolute Gasteiger partial charge is 0.272 e. The molecule has 5 heteroatoms. The van der Waals surface area contributed by atoms with Crippen molar-refractivity contribution < 1.29 is 4.92 Å². The largest absolute Gasteiger partial charge is 0.311 e. The lowest BCUT2D eigenvalue weighted by molar-refractivity contribution is -0.385. The van der Waals surface area contributed by atoms with E-state index >= 15 is 0 Å². The van der Waals surface area contributed by atoms with Crippen molar-refractivity contribution in [3.63, 3.8) is 0 Å². The van der Waals surface area contributed by atoms with Gasteiger partial charge in [-0.3, -0.25) is 10.1 Å². The van der Waals surface area contributed by atoms with E-state index in [1.807, 2.05) is 12.1 Å². The van der Waals surface area contributed by atoms with Gasteiger partial charge in [-0.25, -0.2) is 0 Å². The second-order valence-corrected chi connectivity index (χ2v) is 5.27. The molecule has 1 fully saturated rings. The first-order valence-electron chi connectivity index (χ1n) is 6.73. The van der Waals surface area contributed by atoms with Crippen molar-refractivity contribution >= 4 is 5.69 Å². The second kappa shape index (κ2) is 6.12. The number of nitro benzene ring substituents is 1. The number of nitrogens with one attached hydrogen (secondary N) is 1. The summed E-state index contributed by atoms with van der Waals surface area (Å²) < 4.78 is 0. The summed E-state index contributed by atoms with van der Waals surface area (Å²) in [5, 5.41) is 14.2. The van der Waals surface area contributed by atoms with E-state index < -0.39 is 0 Å². The Labute approximate surface area is 113 Å². The number of benzene rings is 1. The van der Waals surface area contributed by atoms with Crippen LogP contribution in [0.4, 0.5) is 5.69 Å². The van der Waals surface area contributed by atoms with Crippen molar-refractivity contribution in [1.82, 2.24) is 10.2 Å². The van der Waals surface area contributed by atoms with Gasteiger partial charge in [0.05, 0.1) is 4.92 Å². The fourth-order valence-corrected chi connectivity index (χ4v) is 2.15. The van der Waals surface area contributed by atoms with Gasteiger partial charge in [-0.2, -0.15) is 0 Å². The molecule has 1 aliphatic carbocycles. The molecule has 0 heterocycles. The molecule has 0 aromatic heterocycles. The van der Waals surface area contributed by atoms with Gasteiger partial charge in [0.15, 0.2) is 0 Å². The van der Waals surface area contributed by atoms with E-state index in [1.165, 1.54) is 12.8 Å². The fourth-order valence-electron chi connectivity index (χ4n) is 2.15. The maximum atomic E-state index is 10.9. The van der Waals surface area contributed by atoms with Crippen molar-refractivity contribution in [2.45, 2.75) is 32.4 Å². The molecule has 1 N–H and O–H groups in total. The van der Waals surface area contributed by atoms with E-state index in [9.17, 15) is 10.1 Å². The Morgan fingerprint density at radius 1 is 1.47 bits per heavy atom. The van der Waals surface area contributed by atoms with Crippen LogP contribution in [-0.2, 0) is 6.54 Å². The van der Waals surface area contributed by atoms with E-state index in [2.05, 4.69) is 17.3 Å². The summed E-state index contributed by atoms with van der Waals surface area (Å²) in [5.74, 6) is 0. The van der Waals surface area contributed by atoms with Crippen LogP contribution in [0.5, 0.6) is 0 Å². The highest BCUT2D eigenvalue weighted by Gasteiger charge is 2.25. The molecule has 104 valence electrons. The standard InChI is InChI=1S/C14H21N3O2/c1-11-3-4-12(9-14(11)17(18)19)10-15-7-8-16(2)13-5-6-13/h3-4,9,13,15H,5-8,10H2,1-2H3. The molecule has 1 aromatic rings. The highest BCUT2D eigenvalue weighted by atomic mass is 16.6. The van der Waals surface area contributed by atoms with Gasteiger partial charge in [-0.05, 0) is 32.4 Å². The van der Waals surface area contributed by atoms with Crippen molar-refractivity contribution in [3.8, 4) is 0 Å². The molecule has 0 atom stereocenters. The number of hydrogen-bond donors (Lipinski definition) is 1. The zero-order valence-corrected chi connectivity index (χ0v) is 11.6. The molecule has 0 spiro atoms. The number of nitro groups is 1. The number of likely N-dealkylation sites (N-methyl/N-ethyl adjacent to an activating group) is 1. The molecule has 1 aromatic carbocycles. The Bertz CT molecular complexity index is 458. The third-order valence-electron chi connectivity index (χ3n) is 3.61. The zero-order chi connectivity index (χ0) is 13.8. The van der Waals surface area contributed by atoms with Gasteiger partial charge in [-0.1, -0.05) is 12.1 Å². The van der Waals surface area contributed by atoms with Crippen molar-refractivity contribution in [3.05, 3.63) is 39.4 Å². The second-order valence-electron chi connectivity index (χ2n) is 5.27. The van der Waals surface area contributed by atoms with Crippen LogP contribution >= 0.6 is 0 Å². The molecule has 2 rings (SSSR count). The van der Waals surface area contributed by atoms with E-state index in [0.29, 0.717) is 12.1 Å². The highest BCUT2D eigenvalue weighted by Crippen LogP contribution is 2.24. The minimum absolute atomic E-state index is 0.203. The van der Waals surface area contributed by atoms with Crippen LogP contribution in [0.1, 0.15) is 24.0 Å². The lowest BCUT2D eigenvalue weighted by Crippen LogP contribution is -2.30. The molecule has 0 unspecified atom stereocenters. The van der Waals surface area contributed by atoms with Gasteiger partial charge in [-0.15, -0.1) is 0 Å². The Hall–Kier alpha value is -1.46. The molecule has 0 bridgehead atoms. The number of hydrogen-bond acceptors (Lipinski definition) is 4. The maximum absolute atomic E-state index is 10.9. The summed E-state index contributed by atoms with van der Waals surface area (Å²) in [6.45, 7) is 4.38. The molecule has 1 aliphatic rings. The summed E-state index contributed by atoms with van der Waals surface area (Å²) >= 11 is 0. The predicted molar refractivity (Wildman–Crippen MR) is 75.2 cm³/mol. The molecular weight excluding hydrogens is 242 g/mol. The van der Waals surface area contributed by atoms with Crippen molar-refractivity contribution in [1.29, 1.82) is 0 Å². The average molecular weight is 263 g/mol. The van der Waals surface area contributed by atoms with Gasteiger partial charge in [0.25, 0.3) is 5.69 Å². The lowest BCUT2D eigenvalue weighted by atomic mass is 10.1. The fraction of sp³-hybridized carbons (Fsp3) is 0.571. The van der Waals surface area contributed by atoms with Crippen molar-refractivity contribution in [2.75, 3.05) is 20.1 Å². The lowest BCUT2D eigenvalue weighted by Gasteiger charge is -2.15. The molecule has 5 nitrogen and oxygen atoms in total. The predicted octanol–water partition coefficient (Wildman–Crippen LogP) is 2.09. The Morgan fingerprint density at radius 2 is 2.21 bits per heavy atom. The molecular formula is C14H21N3O2. The molecule has 0 aliphatic heterocycles. The molecule has 0 radical (unpaired) electrons. The van der Waals surface area contributed by atoms with Crippen LogP contribution in [0.2, 0.25) is 0 Å². The first-order valence-corrected chi connectivity index (χ1v) is 6.73. The first-order chi connectivity index (χ1) is 9.08. The highest BCUT2D eigenvalue weighted by molar-refractivity contribution is 5.42. The van der Waals surface area contributed by atoms with Gasteiger partial charge >= 0.3 is 0 Å². The summed E-state index contributed by atoms with van der Waals surface area (Å²) in [7, 11) is 2.15. The van der Waals surface area contributed by atoms with Crippen LogP contribution in [0.3, 0.4) is 0 Å². The third kappa shape index (κ3) is 4.01. The van der Waals surface area contributed by atoms with Gasteiger partial charge in [0.2, 0.25) is 0 Å². The molecule has 0 amide bonds. The molecule has 1 saturated carbocycles. The monoisotopic (exact) mass is 263 g/mol. The van der Waals surface area contributed by atoms with Gasteiger partial charge in [0.1, 0.15) is 0 Å². The minimum Gasteiger partial charge on any atom is -0.311 e. The number of aryl methyl sites for hydroxylation is 1. The summed E-state index contributed by atoms with van der Waals surface area (Å²) in [6.07, 6.45) is 2.64. The summed E-state index contributed by atoms with van der Waals surface area (Å²) in [4.78, 5) is 12.9. The third-order valence-corrected chi connectivity index (χ3v) is 3.61. The molecule has 19 heavy (non-hydrogen) atoms. The Kier molecular flexibility index (Phi) is 4.50. The number of nitrogens with zero attached hydrogens (tertiary/aromatic N) is 2. The average Bonchev–Trinajstić information content (AvgIpc) is 3.20. The van der Waals surface area contributed by atoms with Crippen molar-refractivity contribution in [2.24, 2.45) is 0 Å². The molecule has 0 saturated heterocycles. The normalized spacial score (nSPS) is 14.9.